The van der Waals surface area contributed by atoms with Gasteiger partial charge in [-0.1, -0.05) is 386 Å². The molecule has 0 aromatic heterocycles. The van der Waals surface area contributed by atoms with Gasteiger partial charge in [-0.15, -0.1) is 0 Å². The Balaban J connectivity index is 1.41. The average Bonchev–Trinajstić information content (AvgIpc) is 0.677. The molecule has 2 aliphatic rings. The van der Waals surface area contributed by atoms with Crippen molar-refractivity contribution >= 4 is 57.2 Å². The highest BCUT2D eigenvalue weighted by Gasteiger charge is 2.47. The monoisotopic (exact) mass is 1510 g/mol. The lowest BCUT2D eigenvalue weighted by Crippen LogP contribution is -2.61. The second kappa shape index (κ2) is 27.9. The Morgan fingerprint density at radius 2 is 0.575 bits per heavy atom. The van der Waals surface area contributed by atoms with Gasteiger partial charge in [0.15, 0.2) is 0 Å². The fourth-order valence-electron chi connectivity index (χ4n) is 15.7. The summed E-state index contributed by atoms with van der Waals surface area (Å²) in [5, 5.41) is 0. The van der Waals surface area contributed by atoms with E-state index in [0.29, 0.717) is 33.9 Å². The van der Waals surface area contributed by atoms with E-state index in [2.05, 4.69) is 264 Å². The van der Waals surface area contributed by atoms with E-state index in [4.69, 9.17) is 1.37 Å². The normalized spacial score (nSPS) is 15.7. The highest BCUT2D eigenvalue weighted by molar-refractivity contribution is 7.00. The first-order valence-corrected chi connectivity index (χ1v) is 41.0. The van der Waals surface area contributed by atoms with Gasteiger partial charge < -0.3 is 9.80 Å². The van der Waals surface area contributed by atoms with Gasteiger partial charge in [0.25, 0.3) is 6.71 Å². The van der Waals surface area contributed by atoms with Crippen molar-refractivity contribution in [3.8, 4) is 66.8 Å². The first-order valence-electron chi connectivity index (χ1n) is 48.0. The fraction of sp³-hybridized carbons (Fsp3) is 0.400. The van der Waals surface area contributed by atoms with Crippen LogP contribution in [0.3, 0.4) is 0 Å². The van der Waals surface area contributed by atoms with Crippen molar-refractivity contribution in [2.24, 2.45) is 0 Å². The highest BCUT2D eigenvalue weighted by atomic mass is 15.2. The summed E-state index contributed by atoms with van der Waals surface area (Å²) < 4.78 is 145. The molecule has 0 aliphatic carbocycles. The molecule has 0 radical (unpaired) electrons. The molecular weight excluding hydrogens is 1360 g/mol. The Labute approximate surface area is 704 Å². The van der Waals surface area contributed by atoms with Crippen molar-refractivity contribution in [3.05, 3.63) is 267 Å². The van der Waals surface area contributed by atoms with Crippen LogP contribution in [-0.2, 0) is 59.6 Å². The van der Waals surface area contributed by atoms with Gasteiger partial charge in [0.05, 0.1) is 30.6 Å². The molecule has 0 N–H and O–H groups in total. The summed E-state index contributed by atoms with van der Waals surface area (Å²) in [5.41, 5.74) is 12.9. The third-order valence-electron chi connectivity index (χ3n) is 23.1. The zero-order chi connectivity index (χ0) is 94.9. The van der Waals surface area contributed by atoms with Crippen molar-refractivity contribution in [1.29, 1.82) is 0 Å². The van der Waals surface area contributed by atoms with Crippen LogP contribution < -0.4 is 26.2 Å². The molecule has 3 heteroatoms. The molecule has 0 spiro atoms. The summed E-state index contributed by atoms with van der Waals surface area (Å²) >= 11 is 0. The number of hydrogen-bond acceptors (Lipinski definition) is 2. The summed E-state index contributed by atoms with van der Waals surface area (Å²) in [6, 6.07) is 40.1. The minimum Gasteiger partial charge on any atom is -0.310 e. The number of fused-ring (bicyclic) bond motifs is 4. The Kier molecular flexibility index (Phi) is 16.2. The van der Waals surface area contributed by atoms with Gasteiger partial charge in [0, 0.05) is 45.0 Å². The minimum atomic E-state index is -1.09. The topological polar surface area (TPSA) is 6.48 Å². The Hall–Kier alpha value is -8.92. The Bertz CT molecular complexity index is 6260. The fourth-order valence-corrected chi connectivity index (χ4v) is 15.7. The zero-order valence-corrected chi connectivity index (χ0v) is 74.5. The molecule has 0 atom stereocenters. The van der Waals surface area contributed by atoms with Crippen LogP contribution in [0, 0.1) is 0 Å². The Morgan fingerprint density at radius 1 is 0.221 bits per heavy atom. The summed E-state index contributed by atoms with van der Waals surface area (Å²) in [4.78, 5) is 4.51. The minimum absolute atomic E-state index is 0.0216. The van der Waals surface area contributed by atoms with Gasteiger partial charge in [0.2, 0.25) is 0 Å². The first-order chi connectivity index (χ1) is 57.8. The molecule has 0 amide bonds. The Morgan fingerprint density at radius 3 is 1.00 bits per heavy atom. The summed E-state index contributed by atoms with van der Waals surface area (Å²) in [7, 11) is 0. The number of hydrogen-bond donors (Lipinski definition) is 0. The maximum absolute atomic E-state index is 11.7. The molecule has 11 aromatic carbocycles. The number of anilines is 6. The average molecular weight is 1510 g/mol. The summed E-state index contributed by atoms with van der Waals surface area (Å²) in [5.74, 6) is 0. The molecule has 113 heavy (non-hydrogen) atoms. The smallest absolute Gasteiger partial charge is 0.252 e. The molecule has 2 nitrogen and oxygen atoms in total. The van der Waals surface area contributed by atoms with Gasteiger partial charge >= 0.3 is 0 Å². The largest absolute Gasteiger partial charge is 0.310 e. The SMILES string of the molecule is [2H]c1c([2H])c([2H])c(-c2ccc3c(c2)N(c2c(-c4ccc(C(C)(C)C)cc4)cc(C(C)(C)C)cc2-c2cc(C(C)(C)C)cc(C(C)(C)C)c2)c2cc(C(C)(C)C)cc4c2B3c2ccc(-c3cc(C(C)(C)C)cc(C(C)(C)C)c3)cc2N4c2c(-c3c([2H])c([2H])c(C(C)(C)C)c([2H])c3[2H])c([2H])c(C(C)(C)C)c([2H])c2-c2c([2H])c(C(C)(C)C)c([2H])c([2H])c2C(C)(C)C)c([2H])c1[2H]. The molecule has 2 heterocycles. The van der Waals surface area contributed by atoms with Gasteiger partial charge in [-0.25, -0.2) is 0 Å². The van der Waals surface area contributed by atoms with E-state index in [9.17, 15) is 17.8 Å². The van der Waals surface area contributed by atoms with Crippen molar-refractivity contribution in [2.45, 2.75) is 288 Å². The maximum atomic E-state index is 11.7. The van der Waals surface area contributed by atoms with Crippen LogP contribution in [0.1, 0.15) is 309 Å². The number of nitrogens with zero attached hydrogens (tertiary/aromatic N) is 2. The van der Waals surface area contributed by atoms with Crippen LogP contribution in [0.15, 0.2) is 206 Å². The molecule has 0 fully saturated rings. The van der Waals surface area contributed by atoms with Gasteiger partial charge in [0.1, 0.15) is 0 Å². The van der Waals surface area contributed by atoms with Crippen LogP contribution in [0.5, 0.6) is 0 Å². The van der Waals surface area contributed by atoms with E-state index in [1.165, 1.54) is 0 Å². The quantitative estimate of drug-likeness (QED) is 0.140. The van der Waals surface area contributed by atoms with E-state index in [1.54, 1.807) is 0 Å². The number of rotatable bonds is 8. The molecule has 2 aliphatic heterocycles. The van der Waals surface area contributed by atoms with Crippen LogP contribution in [0.4, 0.5) is 34.1 Å². The van der Waals surface area contributed by atoms with E-state index in [0.717, 1.165) is 94.4 Å². The van der Waals surface area contributed by atoms with Crippen molar-refractivity contribution < 1.29 is 19.2 Å². The zero-order valence-electron chi connectivity index (χ0n) is 88.5. The van der Waals surface area contributed by atoms with Gasteiger partial charge in [-0.05, 0) is 230 Å². The lowest BCUT2D eigenvalue weighted by Gasteiger charge is -2.47. The van der Waals surface area contributed by atoms with Crippen molar-refractivity contribution in [1.82, 2.24) is 0 Å². The van der Waals surface area contributed by atoms with E-state index < -0.39 is 69.4 Å². The predicted octanol–water partition coefficient (Wildman–Crippen LogP) is 30.0. The van der Waals surface area contributed by atoms with Crippen LogP contribution in [-0.4, -0.2) is 6.71 Å². The molecule has 0 unspecified atom stereocenters. The third kappa shape index (κ3) is 16.1. The van der Waals surface area contributed by atoms with Crippen LogP contribution in [0.25, 0.3) is 66.8 Å². The van der Waals surface area contributed by atoms with Crippen molar-refractivity contribution in [2.75, 3.05) is 9.80 Å². The predicted molar refractivity (Wildman–Crippen MR) is 499 cm³/mol. The molecule has 11 aromatic rings. The molecule has 0 saturated carbocycles. The third-order valence-corrected chi connectivity index (χ3v) is 23.1. The maximum Gasteiger partial charge on any atom is 0.252 e. The second-order valence-corrected chi connectivity index (χ2v) is 43.9. The van der Waals surface area contributed by atoms with Crippen molar-refractivity contribution in [3.63, 3.8) is 0 Å². The number of benzene rings is 11. The molecule has 0 saturated heterocycles. The highest BCUT2D eigenvalue weighted by Crippen LogP contribution is 2.57. The summed E-state index contributed by atoms with van der Waals surface area (Å²) in [6.45, 7) is 69.0. The molecule has 13 rings (SSSR count). The van der Waals surface area contributed by atoms with Crippen LogP contribution in [0.2, 0.25) is 0 Å². The van der Waals surface area contributed by atoms with Gasteiger partial charge in [-0.2, -0.15) is 0 Å². The molecule has 586 valence electrons. The van der Waals surface area contributed by atoms with E-state index in [1.807, 2.05) is 95.2 Å². The first kappa shape index (κ1) is 65.4. The van der Waals surface area contributed by atoms with Crippen LogP contribution >= 0.6 is 0 Å². The summed E-state index contributed by atoms with van der Waals surface area (Å²) in [6.07, 6.45) is 0. The lowest BCUT2D eigenvalue weighted by molar-refractivity contribution is 0.568. The molecular formula is C110H133BN2. The van der Waals surface area contributed by atoms with E-state index in [-0.39, 0.29) is 132 Å². The second-order valence-electron chi connectivity index (χ2n) is 43.9. The van der Waals surface area contributed by atoms with E-state index >= 15 is 0 Å². The lowest BCUT2D eigenvalue weighted by atomic mass is 9.33. The molecule has 0 bridgehead atoms. The standard InChI is InChI=1S/C110H133BN2/c1-100(2,3)75-45-39-69(40-46-75)85-62-82(107(22,23)24)64-87(74-55-80(105(16,17)18)60-81(56-74)106(19,20)21)98(85)112-93-57-71(68-37-35-34-36-38-68)43-51-91(93)111-92-52-44-72(73-53-78(103(10,11)12)59-79(54-73)104(13,14)15)58-94(92)113(96-67-84(109(28,29)30)66-95(112)97(96)111)99-86(70-41-47-76(48-42-70)101(4,5)6)63-83(108(25,26)27)65-89(99)88-61-77(102(7,8)9)49-50-90(88)110(31,32)33/h34-67H,1-33H3/i34D,35D,36D,37D,38D,41D,42D,47D,48D,49D,50D,61D,63D,65D. The van der Waals surface area contributed by atoms with Gasteiger partial charge in [-0.3, -0.25) is 0 Å².